The zero-order valence-electron chi connectivity index (χ0n) is 23.3. The van der Waals surface area contributed by atoms with Gasteiger partial charge >= 0.3 is 29.8 Å². The largest absolute Gasteiger partial charge is 0.508 e. The molecule has 1 aromatic rings. The highest BCUT2D eigenvalue weighted by molar-refractivity contribution is 8.00. The quantitative estimate of drug-likeness (QED) is 0.115. The number of phenolic OH excluding ortho intramolecular Hbond substituents is 1. The Kier molecular flexibility index (Phi) is 9.24. The van der Waals surface area contributed by atoms with E-state index in [2.05, 4.69) is 10.6 Å². The van der Waals surface area contributed by atoms with Gasteiger partial charge in [0.25, 0.3) is 5.91 Å². The van der Waals surface area contributed by atoms with E-state index in [1.165, 1.54) is 36.3 Å². The topological polar surface area (TPSA) is 212 Å². The molecular formula is C26H29N5O11S. The smallest absolute Gasteiger partial charge is 0.352 e. The number of nitrogens with one attached hydrogen (secondary N) is 2. The molecule has 3 heterocycles. The van der Waals surface area contributed by atoms with Crippen LogP contribution in [0.15, 0.2) is 35.5 Å². The third-order valence-corrected chi connectivity index (χ3v) is 8.26. The van der Waals surface area contributed by atoms with Crippen molar-refractivity contribution in [1.29, 1.82) is 0 Å². The number of aromatic hydroxyl groups is 1. The molecule has 3 aliphatic rings. The normalized spacial score (nSPS) is 21.5. The van der Waals surface area contributed by atoms with Gasteiger partial charge < -0.3 is 35.2 Å². The number of piperazine rings is 1. The average Bonchev–Trinajstić information content (AvgIpc) is 2.98. The monoisotopic (exact) mass is 619 g/mol. The van der Waals surface area contributed by atoms with Crippen LogP contribution >= 0.6 is 11.8 Å². The molecule has 2 fully saturated rings. The molecule has 17 heteroatoms. The summed E-state index contributed by atoms with van der Waals surface area (Å²) in [6.07, 6.45) is -1.35. The van der Waals surface area contributed by atoms with E-state index in [4.69, 9.17) is 9.47 Å². The predicted octanol–water partition coefficient (Wildman–Crippen LogP) is -0.892. The molecule has 0 radical (unpaired) electrons. The first-order valence-electron chi connectivity index (χ1n) is 13.0. The molecular weight excluding hydrogens is 590 g/mol. The summed E-state index contributed by atoms with van der Waals surface area (Å²) < 4.78 is 10.2. The number of carboxylic acids is 1. The standard InChI is InChI=1S/C26H29N5O11S/c1-4-29-9-10-30(22(37)21(29)36)26(40)28-16(13-5-7-14(33)8-6-13)19(34)27-17-20(35)31-18(24(38)39)15(11-43-23(17)31)25(41-3)42-12(2)32/h5-8,16-17,23,25,33H,4,9-11H2,1-3H3,(H,27,34)(H,28,40)(H,38,39)/t16-,17-,23+,25?/m0/s1. The third kappa shape index (κ3) is 6.12. The van der Waals surface area contributed by atoms with E-state index in [1.807, 2.05) is 0 Å². The third-order valence-electron chi connectivity index (χ3n) is 6.96. The number of nitrogens with zero attached hydrogens (tertiary/aromatic N) is 3. The van der Waals surface area contributed by atoms with Gasteiger partial charge in [-0.15, -0.1) is 11.8 Å². The Morgan fingerprint density at radius 2 is 1.77 bits per heavy atom. The van der Waals surface area contributed by atoms with Crippen LogP contribution < -0.4 is 10.6 Å². The lowest BCUT2D eigenvalue weighted by atomic mass is 10.0. The Bertz CT molecular complexity index is 1400. The molecule has 6 amide bonds. The van der Waals surface area contributed by atoms with Crippen LogP contribution in [0.1, 0.15) is 25.5 Å². The molecule has 4 atom stereocenters. The van der Waals surface area contributed by atoms with Gasteiger partial charge in [0.2, 0.25) is 12.2 Å². The maximum Gasteiger partial charge on any atom is 0.352 e. The molecule has 3 aliphatic heterocycles. The Labute approximate surface area is 248 Å². The molecule has 1 aromatic carbocycles. The summed E-state index contributed by atoms with van der Waals surface area (Å²) in [5.41, 5.74) is -0.210. The summed E-state index contributed by atoms with van der Waals surface area (Å²) in [5, 5.41) is 23.7. The number of likely N-dealkylation sites (N-methyl/N-ethyl adjacent to an activating group) is 1. The maximum atomic E-state index is 13.5. The summed E-state index contributed by atoms with van der Waals surface area (Å²) in [6, 6.07) is 1.55. The number of urea groups is 1. The molecule has 1 unspecified atom stereocenters. The number of imide groups is 1. The summed E-state index contributed by atoms with van der Waals surface area (Å²) in [7, 11) is 1.21. The number of fused-ring (bicyclic) bond motifs is 1. The van der Waals surface area contributed by atoms with Crippen molar-refractivity contribution in [2.24, 2.45) is 0 Å². The van der Waals surface area contributed by atoms with Gasteiger partial charge in [-0.3, -0.25) is 33.8 Å². The highest BCUT2D eigenvalue weighted by Gasteiger charge is 2.55. The Hall–Kier alpha value is -4.64. The Balaban J connectivity index is 1.55. The van der Waals surface area contributed by atoms with Gasteiger partial charge in [-0.25, -0.2) is 9.59 Å². The SMILES string of the molecule is CCN1CCN(C(=O)N[C@H](C(=O)N[C@H]2C(=O)N3C(C(=O)O)=C(C(OC)OC(C)=O)CS[C@H]23)c2ccc(O)cc2)C(=O)C1=O. The summed E-state index contributed by atoms with van der Waals surface area (Å²) in [6.45, 7) is 3.09. The number of β-lactam (4-membered cyclic amide) rings is 1. The molecule has 4 N–H and O–H groups in total. The van der Waals surface area contributed by atoms with Crippen molar-refractivity contribution in [3.63, 3.8) is 0 Å². The lowest BCUT2D eigenvalue weighted by molar-refractivity contribution is -0.165. The number of phenols is 1. The van der Waals surface area contributed by atoms with Gasteiger partial charge in [0.05, 0.1) is 0 Å². The molecule has 16 nitrogen and oxygen atoms in total. The number of hydrogen-bond acceptors (Lipinski definition) is 11. The van der Waals surface area contributed by atoms with Gasteiger partial charge in [-0.05, 0) is 24.6 Å². The average molecular weight is 620 g/mol. The van der Waals surface area contributed by atoms with Crippen molar-refractivity contribution in [3.05, 3.63) is 41.1 Å². The second-order valence-electron chi connectivity index (χ2n) is 9.57. The van der Waals surface area contributed by atoms with Crippen molar-refractivity contribution < 1.29 is 53.2 Å². The number of amides is 6. The van der Waals surface area contributed by atoms with E-state index in [0.29, 0.717) is 4.90 Å². The summed E-state index contributed by atoms with van der Waals surface area (Å²) in [5.74, 6) is -5.90. The van der Waals surface area contributed by atoms with Crippen LogP contribution in [0.3, 0.4) is 0 Å². The van der Waals surface area contributed by atoms with Gasteiger partial charge in [-0.2, -0.15) is 0 Å². The fraction of sp³-hybridized carbons (Fsp3) is 0.423. The summed E-state index contributed by atoms with van der Waals surface area (Å²) in [4.78, 5) is 91.2. The zero-order valence-corrected chi connectivity index (χ0v) is 24.1. The second-order valence-corrected chi connectivity index (χ2v) is 10.7. The van der Waals surface area contributed by atoms with E-state index < -0.39 is 71.0 Å². The lowest BCUT2D eigenvalue weighted by Gasteiger charge is -2.50. The molecule has 2 saturated heterocycles. The van der Waals surface area contributed by atoms with E-state index in [0.717, 1.165) is 23.6 Å². The van der Waals surface area contributed by atoms with Crippen LogP contribution in [0.5, 0.6) is 5.75 Å². The number of esters is 1. The minimum absolute atomic E-state index is 0.00770. The maximum absolute atomic E-state index is 13.5. The fourth-order valence-electron chi connectivity index (χ4n) is 4.81. The molecule has 0 aliphatic carbocycles. The van der Waals surface area contributed by atoms with E-state index in [-0.39, 0.29) is 42.3 Å². The number of aliphatic carboxylic acids is 1. The number of ether oxygens (including phenoxy) is 2. The number of hydrogen-bond donors (Lipinski definition) is 4. The van der Waals surface area contributed by atoms with Gasteiger partial charge in [0, 0.05) is 45.0 Å². The van der Waals surface area contributed by atoms with Crippen LogP contribution in [0, 0.1) is 0 Å². The molecule has 43 heavy (non-hydrogen) atoms. The number of thioether (sulfide) groups is 1. The van der Waals surface area contributed by atoms with Crippen LogP contribution in [-0.4, -0.2) is 117 Å². The van der Waals surface area contributed by atoms with E-state index in [9.17, 15) is 43.8 Å². The highest BCUT2D eigenvalue weighted by Crippen LogP contribution is 2.42. The lowest BCUT2D eigenvalue weighted by Crippen LogP contribution is -2.71. The fourth-order valence-corrected chi connectivity index (χ4v) is 6.17. The predicted molar refractivity (Wildman–Crippen MR) is 146 cm³/mol. The van der Waals surface area contributed by atoms with Crippen molar-refractivity contribution in [3.8, 4) is 5.75 Å². The van der Waals surface area contributed by atoms with Crippen LogP contribution in [0.25, 0.3) is 0 Å². The second kappa shape index (κ2) is 12.7. The molecule has 4 rings (SSSR count). The molecule has 0 spiro atoms. The minimum atomic E-state index is -1.47. The number of carbonyl (C=O) groups excluding carboxylic acids is 6. The van der Waals surface area contributed by atoms with Gasteiger partial charge in [0.1, 0.15) is 28.9 Å². The van der Waals surface area contributed by atoms with Crippen LogP contribution in [-0.2, 0) is 38.2 Å². The van der Waals surface area contributed by atoms with Crippen LogP contribution in [0.2, 0.25) is 0 Å². The Morgan fingerprint density at radius 3 is 2.35 bits per heavy atom. The zero-order chi connectivity index (χ0) is 31.6. The van der Waals surface area contributed by atoms with Crippen LogP contribution in [0.4, 0.5) is 4.79 Å². The minimum Gasteiger partial charge on any atom is -0.508 e. The van der Waals surface area contributed by atoms with Gasteiger partial charge in [0.15, 0.2) is 0 Å². The first-order valence-corrected chi connectivity index (χ1v) is 14.1. The molecule has 0 saturated carbocycles. The summed E-state index contributed by atoms with van der Waals surface area (Å²) >= 11 is 1.10. The van der Waals surface area contributed by atoms with Gasteiger partial charge in [-0.1, -0.05) is 12.1 Å². The van der Waals surface area contributed by atoms with Crippen molar-refractivity contribution in [2.75, 3.05) is 32.5 Å². The first kappa shape index (κ1) is 31.3. The first-order chi connectivity index (χ1) is 20.4. The number of methoxy groups -OCH3 is 1. The number of benzene rings is 1. The Morgan fingerprint density at radius 1 is 1.09 bits per heavy atom. The molecule has 230 valence electrons. The number of rotatable bonds is 9. The van der Waals surface area contributed by atoms with Crippen molar-refractivity contribution in [1.82, 2.24) is 25.3 Å². The van der Waals surface area contributed by atoms with E-state index >= 15 is 0 Å². The number of carboxylic acid groups (broad SMARTS) is 1. The van der Waals surface area contributed by atoms with E-state index in [1.54, 1.807) is 6.92 Å². The van der Waals surface area contributed by atoms with Crippen molar-refractivity contribution in [2.45, 2.75) is 37.6 Å². The molecule has 0 aromatic heterocycles. The number of carbonyl (C=O) groups is 7. The highest BCUT2D eigenvalue weighted by atomic mass is 32.2. The molecule has 0 bridgehead atoms. The van der Waals surface area contributed by atoms with Crippen molar-refractivity contribution >= 4 is 53.4 Å².